The summed E-state index contributed by atoms with van der Waals surface area (Å²) in [6.07, 6.45) is 4.14. The highest BCUT2D eigenvalue weighted by Crippen LogP contribution is 2.32. The van der Waals surface area contributed by atoms with Gasteiger partial charge < -0.3 is 5.32 Å². The lowest BCUT2D eigenvalue weighted by Crippen LogP contribution is -2.19. The summed E-state index contributed by atoms with van der Waals surface area (Å²) in [5, 5.41) is 4.65. The van der Waals surface area contributed by atoms with Gasteiger partial charge in [-0.3, -0.25) is 4.99 Å². The van der Waals surface area contributed by atoms with Crippen molar-refractivity contribution >= 4 is 16.9 Å². The third kappa shape index (κ3) is 3.03. The molecule has 90 valence electrons. The second kappa shape index (κ2) is 5.13. The molecular formula is C14H18N2S. The average Bonchev–Trinajstić information content (AvgIpc) is 3.07. The molecule has 3 rings (SSSR count). The Kier molecular flexibility index (Phi) is 3.36. The van der Waals surface area contributed by atoms with Crippen LogP contribution in [0.15, 0.2) is 35.3 Å². The van der Waals surface area contributed by atoms with Crippen molar-refractivity contribution in [3.8, 4) is 0 Å². The van der Waals surface area contributed by atoms with E-state index in [9.17, 15) is 0 Å². The van der Waals surface area contributed by atoms with Crippen LogP contribution in [0.3, 0.4) is 0 Å². The highest BCUT2D eigenvalue weighted by molar-refractivity contribution is 8.14. The zero-order valence-corrected chi connectivity index (χ0v) is 10.7. The second-order valence-corrected chi connectivity index (χ2v) is 5.85. The van der Waals surface area contributed by atoms with E-state index in [0.717, 1.165) is 23.4 Å². The molecule has 0 radical (unpaired) electrons. The van der Waals surface area contributed by atoms with E-state index in [0.29, 0.717) is 6.04 Å². The minimum absolute atomic E-state index is 0.445. The van der Waals surface area contributed by atoms with Crippen LogP contribution in [0, 0.1) is 5.92 Å². The van der Waals surface area contributed by atoms with Crippen molar-refractivity contribution in [1.82, 2.24) is 5.32 Å². The monoisotopic (exact) mass is 246 g/mol. The molecule has 1 saturated carbocycles. The van der Waals surface area contributed by atoms with Crippen molar-refractivity contribution < 1.29 is 0 Å². The van der Waals surface area contributed by atoms with Crippen molar-refractivity contribution in [1.29, 1.82) is 0 Å². The quantitative estimate of drug-likeness (QED) is 0.882. The summed E-state index contributed by atoms with van der Waals surface area (Å²) < 4.78 is 0. The number of rotatable bonds is 4. The molecule has 1 aromatic rings. The summed E-state index contributed by atoms with van der Waals surface area (Å²) in [4.78, 5) is 4.65. The average molecular weight is 246 g/mol. The molecule has 0 spiro atoms. The van der Waals surface area contributed by atoms with Crippen LogP contribution in [0.2, 0.25) is 0 Å². The zero-order valence-electron chi connectivity index (χ0n) is 9.93. The molecular weight excluding hydrogens is 228 g/mol. The van der Waals surface area contributed by atoms with Crippen molar-refractivity contribution in [2.24, 2.45) is 10.9 Å². The van der Waals surface area contributed by atoms with E-state index in [1.165, 1.54) is 24.8 Å². The predicted molar refractivity (Wildman–Crippen MR) is 74.4 cm³/mol. The van der Waals surface area contributed by atoms with Gasteiger partial charge in [0.15, 0.2) is 5.17 Å². The first-order valence-corrected chi connectivity index (χ1v) is 7.39. The van der Waals surface area contributed by atoms with Gasteiger partial charge in [-0.2, -0.15) is 0 Å². The normalized spacial score (nSPS) is 26.1. The topological polar surface area (TPSA) is 24.4 Å². The summed E-state index contributed by atoms with van der Waals surface area (Å²) in [5.41, 5.74) is 1.37. The van der Waals surface area contributed by atoms with Crippen molar-refractivity contribution in [2.45, 2.75) is 25.3 Å². The Morgan fingerprint density at radius 3 is 2.82 bits per heavy atom. The summed E-state index contributed by atoms with van der Waals surface area (Å²) in [7, 11) is 0. The standard InChI is InChI=1S/C14H18N2S/c1-2-4-12(5-3-1)13-10-17-14(16-13)15-9-8-11-6-7-11/h1-5,11,13H,6-10H2,(H,15,16). The Labute approximate surface area is 107 Å². The number of benzene rings is 1. The fourth-order valence-electron chi connectivity index (χ4n) is 2.11. The lowest BCUT2D eigenvalue weighted by molar-refractivity contribution is 0.723. The van der Waals surface area contributed by atoms with Crippen LogP contribution >= 0.6 is 11.8 Å². The Hall–Kier alpha value is -0.960. The zero-order chi connectivity index (χ0) is 11.5. The molecule has 1 aliphatic heterocycles. The molecule has 1 atom stereocenters. The van der Waals surface area contributed by atoms with Gasteiger partial charge in [-0.1, -0.05) is 54.9 Å². The molecule has 1 unspecified atom stereocenters. The van der Waals surface area contributed by atoms with E-state index in [4.69, 9.17) is 0 Å². The lowest BCUT2D eigenvalue weighted by Gasteiger charge is -2.09. The predicted octanol–water partition coefficient (Wildman–Crippen LogP) is 3.22. The number of aliphatic imine (C=N–C) groups is 1. The van der Waals surface area contributed by atoms with Gasteiger partial charge in [0, 0.05) is 12.3 Å². The largest absolute Gasteiger partial charge is 0.357 e. The van der Waals surface area contributed by atoms with Crippen LogP contribution in [0.25, 0.3) is 0 Å². The van der Waals surface area contributed by atoms with Gasteiger partial charge in [0.1, 0.15) is 0 Å². The van der Waals surface area contributed by atoms with Crippen LogP contribution < -0.4 is 5.32 Å². The number of nitrogens with zero attached hydrogens (tertiary/aromatic N) is 1. The van der Waals surface area contributed by atoms with Crippen LogP contribution in [0.4, 0.5) is 0 Å². The molecule has 0 bridgehead atoms. The third-order valence-electron chi connectivity index (χ3n) is 3.38. The van der Waals surface area contributed by atoms with Gasteiger partial charge in [0.05, 0.1) is 6.04 Å². The van der Waals surface area contributed by atoms with Crippen LogP contribution in [-0.2, 0) is 0 Å². The van der Waals surface area contributed by atoms with Gasteiger partial charge in [0.2, 0.25) is 0 Å². The first-order chi connectivity index (χ1) is 8.42. The second-order valence-electron chi connectivity index (χ2n) is 4.84. The number of nitrogens with one attached hydrogen (secondary N) is 1. The Bertz CT molecular complexity index is 398. The van der Waals surface area contributed by atoms with Gasteiger partial charge in [-0.25, -0.2) is 0 Å². The molecule has 1 aromatic carbocycles. The highest BCUT2D eigenvalue weighted by atomic mass is 32.2. The maximum atomic E-state index is 4.65. The first-order valence-electron chi connectivity index (χ1n) is 6.40. The maximum Gasteiger partial charge on any atom is 0.157 e. The summed E-state index contributed by atoms with van der Waals surface area (Å²) in [6, 6.07) is 11.1. The highest BCUT2D eigenvalue weighted by Gasteiger charge is 2.23. The van der Waals surface area contributed by atoms with E-state index < -0.39 is 0 Å². The Balaban J connectivity index is 1.54. The van der Waals surface area contributed by atoms with E-state index in [-0.39, 0.29) is 0 Å². The minimum atomic E-state index is 0.445. The van der Waals surface area contributed by atoms with Crippen molar-refractivity contribution in [3.05, 3.63) is 35.9 Å². The molecule has 1 heterocycles. The summed E-state index contributed by atoms with van der Waals surface area (Å²) in [5.74, 6) is 2.09. The van der Waals surface area contributed by atoms with Gasteiger partial charge in [0.25, 0.3) is 0 Å². The van der Waals surface area contributed by atoms with Gasteiger partial charge in [-0.15, -0.1) is 0 Å². The molecule has 2 aliphatic rings. The summed E-state index contributed by atoms with van der Waals surface area (Å²) >= 11 is 1.86. The van der Waals surface area contributed by atoms with E-state index in [1.807, 2.05) is 11.8 Å². The fourth-order valence-corrected chi connectivity index (χ4v) is 3.11. The number of amidine groups is 1. The molecule has 1 saturated heterocycles. The van der Waals surface area contributed by atoms with E-state index >= 15 is 0 Å². The number of hydrogen-bond acceptors (Lipinski definition) is 2. The number of hydrogen-bond donors (Lipinski definition) is 1. The molecule has 2 nitrogen and oxygen atoms in total. The molecule has 3 heteroatoms. The first kappa shape index (κ1) is 11.1. The molecule has 0 aromatic heterocycles. The molecule has 1 aliphatic carbocycles. The Morgan fingerprint density at radius 2 is 2.06 bits per heavy atom. The maximum absolute atomic E-state index is 4.65. The minimum Gasteiger partial charge on any atom is -0.357 e. The molecule has 1 N–H and O–H groups in total. The van der Waals surface area contributed by atoms with E-state index in [1.54, 1.807) is 0 Å². The third-order valence-corrected chi connectivity index (χ3v) is 4.40. The molecule has 0 amide bonds. The van der Waals surface area contributed by atoms with Crippen molar-refractivity contribution in [2.75, 3.05) is 12.3 Å². The SMILES string of the molecule is c1ccc(C2CSC(=NCCC3CC3)N2)cc1. The molecule has 17 heavy (non-hydrogen) atoms. The summed E-state index contributed by atoms with van der Waals surface area (Å²) in [6.45, 7) is 1.00. The van der Waals surface area contributed by atoms with Gasteiger partial charge >= 0.3 is 0 Å². The van der Waals surface area contributed by atoms with Crippen LogP contribution in [-0.4, -0.2) is 17.5 Å². The molecule has 2 fully saturated rings. The van der Waals surface area contributed by atoms with Crippen LogP contribution in [0.1, 0.15) is 30.9 Å². The van der Waals surface area contributed by atoms with Gasteiger partial charge in [-0.05, 0) is 17.9 Å². The van der Waals surface area contributed by atoms with E-state index in [2.05, 4.69) is 40.6 Å². The fraction of sp³-hybridized carbons (Fsp3) is 0.500. The smallest absolute Gasteiger partial charge is 0.157 e. The van der Waals surface area contributed by atoms with Crippen LogP contribution in [0.5, 0.6) is 0 Å². The lowest BCUT2D eigenvalue weighted by atomic mass is 10.1. The van der Waals surface area contributed by atoms with Crippen molar-refractivity contribution in [3.63, 3.8) is 0 Å². The number of thioether (sulfide) groups is 1. The Morgan fingerprint density at radius 1 is 1.24 bits per heavy atom.